The number of aromatic nitrogens is 1. The number of rotatable bonds is 11. The van der Waals surface area contributed by atoms with Gasteiger partial charge in [0.1, 0.15) is 0 Å². The SMILES string of the molecule is CCCN(CCC)CCCc1ccc(C(=O)c2c(C(C)C)cc3ccccn23)cc1.Cl. The van der Waals surface area contributed by atoms with Crippen molar-refractivity contribution in [1.29, 1.82) is 0 Å². The molecule has 0 saturated heterocycles. The van der Waals surface area contributed by atoms with Crippen molar-refractivity contribution >= 4 is 23.7 Å². The van der Waals surface area contributed by atoms with Crippen LogP contribution in [0.2, 0.25) is 0 Å². The molecule has 0 amide bonds. The van der Waals surface area contributed by atoms with Crippen LogP contribution in [0.4, 0.5) is 0 Å². The minimum Gasteiger partial charge on any atom is -0.313 e. The van der Waals surface area contributed by atoms with Gasteiger partial charge in [-0.3, -0.25) is 4.79 Å². The van der Waals surface area contributed by atoms with E-state index in [1.54, 1.807) is 0 Å². The van der Waals surface area contributed by atoms with E-state index in [0.717, 1.165) is 41.7 Å². The highest BCUT2D eigenvalue weighted by molar-refractivity contribution is 6.09. The number of hydrogen-bond donors (Lipinski definition) is 0. The van der Waals surface area contributed by atoms with Crippen molar-refractivity contribution in [1.82, 2.24) is 9.30 Å². The van der Waals surface area contributed by atoms with E-state index in [2.05, 4.69) is 56.9 Å². The van der Waals surface area contributed by atoms with Crippen molar-refractivity contribution in [3.8, 4) is 0 Å². The normalized spacial score (nSPS) is 11.3. The number of carbonyl (C=O) groups excluding carboxylic acids is 1. The standard InChI is InChI=1S/C27H36N2O.ClH/c1-5-16-28(17-6-2)18-9-10-22-12-14-23(15-13-22)27(30)26-25(21(3)4)20-24-11-7-8-19-29(24)26;/h7-8,11-15,19-21H,5-6,9-10,16-18H2,1-4H3;1H. The smallest absolute Gasteiger partial charge is 0.210 e. The Balaban J connectivity index is 0.00000341. The van der Waals surface area contributed by atoms with E-state index < -0.39 is 0 Å². The third kappa shape index (κ3) is 6.21. The second kappa shape index (κ2) is 12.1. The largest absolute Gasteiger partial charge is 0.313 e. The quantitative estimate of drug-likeness (QED) is 0.307. The molecule has 3 aromatic rings. The fourth-order valence-electron chi connectivity index (χ4n) is 4.26. The van der Waals surface area contributed by atoms with Crippen molar-refractivity contribution in [2.45, 2.75) is 59.3 Å². The fourth-order valence-corrected chi connectivity index (χ4v) is 4.26. The van der Waals surface area contributed by atoms with Gasteiger partial charge in [-0.05, 0) is 80.6 Å². The van der Waals surface area contributed by atoms with Crippen LogP contribution in [0.15, 0.2) is 54.7 Å². The summed E-state index contributed by atoms with van der Waals surface area (Å²) in [4.78, 5) is 15.9. The van der Waals surface area contributed by atoms with Crippen LogP contribution in [0.3, 0.4) is 0 Å². The van der Waals surface area contributed by atoms with E-state index in [1.165, 1.54) is 31.5 Å². The average molecular weight is 441 g/mol. The van der Waals surface area contributed by atoms with Gasteiger partial charge in [-0.2, -0.15) is 0 Å². The summed E-state index contributed by atoms with van der Waals surface area (Å²) in [5, 5.41) is 0. The lowest BCUT2D eigenvalue weighted by Gasteiger charge is -2.20. The molecule has 0 fully saturated rings. The van der Waals surface area contributed by atoms with E-state index in [0.29, 0.717) is 5.92 Å². The Labute approximate surface area is 193 Å². The summed E-state index contributed by atoms with van der Waals surface area (Å²) in [5.74, 6) is 0.408. The maximum Gasteiger partial charge on any atom is 0.210 e. The summed E-state index contributed by atoms with van der Waals surface area (Å²) in [7, 11) is 0. The summed E-state index contributed by atoms with van der Waals surface area (Å²) in [5.41, 5.74) is 5.06. The van der Waals surface area contributed by atoms with Gasteiger partial charge in [-0.15, -0.1) is 12.4 Å². The first kappa shape index (κ1) is 25.2. The summed E-state index contributed by atoms with van der Waals surface area (Å²) in [6.45, 7) is 12.3. The third-order valence-electron chi connectivity index (χ3n) is 5.78. The molecule has 3 rings (SSSR count). The maximum absolute atomic E-state index is 13.4. The minimum absolute atomic E-state index is 0. The van der Waals surface area contributed by atoms with Crippen molar-refractivity contribution in [3.05, 3.63) is 77.1 Å². The number of hydrogen-bond acceptors (Lipinski definition) is 2. The van der Waals surface area contributed by atoms with Crippen molar-refractivity contribution < 1.29 is 4.79 Å². The fraction of sp³-hybridized carbons (Fsp3) is 0.444. The van der Waals surface area contributed by atoms with Crippen LogP contribution >= 0.6 is 12.4 Å². The number of aryl methyl sites for hydroxylation is 1. The van der Waals surface area contributed by atoms with E-state index in [1.807, 2.05) is 34.9 Å². The highest BCUT2D eigenvalue weighted by Gasteiger charge is 2.20. The Hall–Kier alpha value is -2.10. The Morgan fingerprint density at radius 2 is 1.65 bits per heavy atom. The van der Waals surface area contributed by atoms with Crippen LogP contribution in [-0.4, -0.2) is 34.7 Å². The van der Waals surface area contributed by atoms with Crippen LogP contribution in [0, 0.1) is 0 Å². The zero-order valence-corrected chi connectivity index (χ0v) is 20.3. The van der Waals surface area contributed by atoms with E-state index in [4.69, 9.17) is 0 Å². The summed E-state index contributed by atoms with van der Waals surface area (Å²) in [6, 6.07) is 16.5. The van der Waals surface area contributed by atoms with Gasteiger partial charge in [0.25, 0.3) is 0 Å². The number of fused-ring (bicyclic) bond motifs is 1. The summed E-state index contributed by atoms with van der Waals surface area (Å²) < 4.78 is 2.03. The Morgan fingerprint density at radius 1 is 0.968 bits per heavy atom. The number of carbonyl (C=O) groups is 1. The zero-order chi connectivity index (χ0) is 21.5. The molecule has 0 radical (unpaired) electrons. The Kier molecular flexibility index (Phi) is 9.80. The molecule has 0 aliphatic heterocycles. The second-order valence-corrected chi connectivity index (χ2v) is 8.57. The van der Waals surface area contributed by atoms with Crippen molar-refractivity contribution in [2.24, 2.45) is 0 Å². The number of pyridine rings is 1. The molecule has 168 valence electrons. The summed E-state index contributed by atoms with van der Waals surface area (Å²) in [6.07, 6.45) is 6.63. The lowest BCUT2D eigenvalue weighted by Crippen LogP contribution is -2.26. The van der Waals surface area contributed by atoms with Crippen LogP contribution in [0.5, 0.6) is 0 Å². The van der Waals surface area contributed by atoms with Gasteiger partial charge in [-0.1, -0.05) is 58.0 Å². The highest BCUT2D eigenvalue weighted by atomic mass is 35.5. The van der Waals surface area contributed by atoms with Crippen molar-refractivity contribution in [2.75, 3.05) is 19.6 Å². The van der Waals surface area contributed by atoms with Crippen molar-refractivity contribution in [3.63, 3.8) is 0 Å². The molecule has 0 spiro atoms. The molecule has 3 nitrogen and oxygen atoms in total. The van der Waals surface area contributed by atoms with Gasteiger partial charge in [0.2, 0.25) is 5.78 Å². The molecular weight excluding hydrogens is 404 g/mol. The molecule has 0 bridgehead atoms. The first-order chi connectivity index (χ1) is 14.5. The maximum atomic E-state index is 13.4. The van der Waals surface area contributed by atoms with Crippen LogP contribution < -0.4 is 0 Å². The predicted octanol–water partition coefficient (Wildman–Crippen LogP) is 6.77. The zero-order valence-electron chi connectivity index (χ0n) is 19.4. The second-order valence-electron chi connectivity index (χ2n) is 8.57. The summed E-state index contributed by atoms with van der Waals surface area (Å²) >= 11 is 0. The molecule has 4 heteroatoms. The number of ketones is 1. The average Bonchev–Trinajstić information content (AvgIpc) is 3.14. The Bertz CT molecular complexity index is 953. The van der Waals surface area contributed by atoms with Gasteiger partial charge in [-0.25, -0.2) is 0 Å². The first-order valence-corrected chi connectivity index (χ1v) is 11.5. The van der Waals surface area contributed by atoms with E-state index in [9.17, 15) is 4.79 Å². The molecule has 0 unspecified atom stereocenters. The Morgan fingerprint density at radius 3 is 2.26 bits per heavy atom. The van der Waals surface area contributed by atoms with Crippen LogP contribution in [0.25, 0.3) is 5.52 Å². The van der Waals surface area contributed by atoms with Gasteiger partial charge >= 0.3 is 0 Å². The van der Waals surface area contributed by atoms with Crippen LogP contribution in [0.1, 0.15) is 80.1 Å². The number of nitrogens with zero attached hydrogens (tertiary/aromatic N) is 2. The molecule has 0 atom stereocenters. The first-order valence-electron chi connectivity index (χ1n) is 11.5. The minimum atomic E-state index is 0. The monoisotopic (exact) mass is 440 g/mol. The van der Waals surface area contributed by atoms with E-state index >= 15 is 0 Å². The lowest BCUT2D eigenvalue weighted by molar-refractivity contribution is 0.103. The highest BCUT2D eigenvalue weighted by Crippen LogP contribution is 2.26. The predicted molar refractivity (Wildman–Crippen MR) is 134 cm³/mol. The molecule has 0 saturated carbocycles. The molecule has 1 aromatic carbocycles. The molecule has 0 N–H and O–H groups in total. The third-order valence-corrected chi connectivity index (χ3v) is 5.78. The molecule has 31 heavy (non-hydrogen) atoms. The lowest BCUT2D eigenvalue weighted by atomic mass is 9.97. The van der Waals surface area contributed by atoms with Crippen LogP contribution in [-0.2, 0) is 6.42 Å². The van der Waals surface area contributed by atoms with Gasteiger partial charge < -0.3 is 9.30 Å². The van der Waals surface area contributed by atoms with Gasteiger partial charge in [0.15, 0.2) is 0 Å². The topological polar surface area (TPSA) is 24.7 Å². The van der Waals surface area contributed by atoms with E-state index in [-0.39, 0.29) is 18.2 Å². The molecule has 2 aromatic heterocycles. The number of halogens is 1. The van der Waals surface area contributed by atoms with Gasteiger partial charge in [0, 0.05) is 17.3 Å². The molecule has 0 aliphatic carbocycles. The molecule has 0 aliphatic rings. The van der Waals surface area contributed by atoms with Gasteiger partial charge in [0.05, 0.1) is 5.69 Å². The number of benzene rings is 1. The molecular formula is C27H37ClN2O. The molecule has 2 heterocycles.